The van der Waals surface area contributed by atoms with Crippen molar-refractivity contribution in [3.8, 4) is 0 Å². The summed E-state index contributed by atoms with van der Waals surface area (Å²) < 4.78 is 48.4. The number of hydrogen-bond acceptors (Lipinski definition) is 18. The third-order valence-electron chi connectivity index (χ3n) is 19.3. The quantitative estimate of drug-likeness (QED) is 0.0180. The fourth-order valence-corrected chi connectivity index (χ4v) is 17.7. The van der Waals surface area contributed by atoms with Gasteiger partial charge in [-0.25, -0.2) is 0 Å². The highest BCUT2D eigenvalue weighted by Gasteiger charge is 2.24. The first kappa shape index (κ1) is 94.1. The van der Waals surface area contributed by atoms with Crippen LogP contribution >= 0.6 is 0 Å². The Hall–Kier alpha value is -10.4. The van der Waals surface area contributed by atoms with Gasteiger partial charge in [-0.2, -0.15) is 0 Å². The van der Waals surface area contributed by atoms with Crippen molar-refractivity contribution in [1.82, 2.24) is 25.3 Å². The Labute approximate surface area is 711 Å². The minimum atomic E-state index is -0.901. The zero-order valence-corrected chi connectivity index (χ0v) is 72.6. The summed E-state index contributed by atoms with van der Waals surface area (Å²) in [4.78, 5) is 68.4. The lowest BCUT2D eigenvalue weighted by molar-refractivity contribution is 0.0917. The smallest absolute Gasteiger partial charge is 0.255 e. The molecule has 0 saturated heterocycles. The van der Waals surface area contributed by atoms with Gasteiger partial charge in [0.05, 0.1) is 80.3 Å². The molecule has 119 heavy (non-hydrogen) atoms. The zero-order valence-electron chi connectivity index (χ0n) is 69.4. The summed E-state index contributed by atoms with van der Waals surface area (Å²) >= 11 is 0. The van der Waals surface area contributed by atoms with Gasteiger partial charge in [-0.1, -0.05) is 134 Å². The van der Waals surface area contributed by atoms with Gasteiger partial charge in [-0.3, -0.25) is 55.9 Å². The average Bonchev–Trinajstić information content (AvgIpc) is 0.753. The van der Waals surface area contributed by atoms with E-state index in [1.54, 1.807) is 31.7 Å². The molecule has 7 N–H and O–H groups in total. The summed E-state index contributed by atoms with van der Waals surface area (Å²) in [6.45, 7) is 19.0. The summed E-state index contributed by atoms with van der Waals surface area (Å²) in [6.07, 6.45) is 13.6. The van der Waals surface area contributed by atoms with Gasteiger partial charge >= 0.3 is 0 Å². The highest BCUT2D eigenvalue weighted by Crippen LogP contribution is 2.37. The van der Waals surface area contributed by atoms with Crippen LogP contribution in [0.3, 0.4) is 0 Å². The number of Topliss-reactive ketones (excluding diaryl/α,β-unsaturated/α-hetero) is 3. The number of aliphatic hydroxyl groups excluding tert-OH is 2. The lowest BCUT2D eigenvalue weighted by Crippen LogP contribution is -2.40. The van der Waals surface area contributed by atoms with Crippen LogP contribution in [-0.2, 0) is 82.1 Å². The second-order valence-corrected chi connectivity index (χ2v) is 36.4. The van der Waals surface area contributed by atoms with Gasteiger partial charge in [0.2, 0.25) is 0 Å². The molecule has 4 unspecified atom stereocenters. The number of nitrogens with zero attached hydrogens (tertiary/aromatic N) is 4. The molecule has 0 aliphatic carbocycles. The number of pyridine rings is 4. The van der Waals surface area contributed by atoms with Gasteiger partial charge in [0.1, 0.15) is 0 Å². The predicted octanol–water partition coefficient (Wildman–Crippen LogP) is 20.3. The average molecular weight is 1680 g/mol. The van der Waals surface area contributed by atoms with Crippen molar-refractivity contribution in [1.29, 1.82) is 0 Å². The summed E-state index contributed by atoms with van der Waals surface area (Å²) in [5.74, 6) is 5.05. The molecule has 0 fully saturated rings. The molecule has 0 spiro atoms. The second-order valence-electron chi connectivity index (χ2n) is 29.7. The predicted molar refractivity (Wildman–Crippen MR) is 498 cm³/mol. The number of ketones is 3. The molecule has 12 rings (SSSR count). The largest absolute Gasteiger partial charge is 0.392 e. The maximum absolute atomic E-state index is 13.1. The van der Waals surface area contributed by atoms with Crippen LogP contribution in [0.15, 0.2) is 207 Å². The minimum absolute atomic E-state index is 0. The van der Waals surface area contributed by atoms with Crippen molar-refractivity contribution in [2.45, 2.75) is 160 Å². The van der Waals surface area contributed by atoms with Crippen LogP contribution in [0, 0.1) is 0 Å². The first-order valence-electron chi connectivity index (χ1n) is 40.5. The van der Waals surface area contributed by atoms with E-state index >= 15 is 0 Å². The van der Waals surface area contributed by atoms with Crippen molar-refractivity contribution >= 4 is 156 Å². The molecule has 628 valence electrons. The van der Waals surface area contributed by atoms with Gasteiger partial charge in [0.25, 0.3) is 5.91 Å². The molecule has 8 aromatic carbocycles. The molecule has 4 aromatic heterocycles. The normalized spacial score (nSPS) is 12.1. The van der Waals surface area contributed by atoms with E-state index in [-0.39, 0.29) is 43.9 Å². The van der Waals surface area contributed by atoms with Crippen molar-refractivity contribution in [2.75, 3.05) is 67.3 Å². The van der Waals surface area contributed by atoms with Gasteiger partial charge in [-0.15, -0.1) is 0 Å². The van der Waals surface area contributed by atoms with Gasteiger partial charge in [0, 0.05) is 177 Å². The number of benzene rings is 8. The van der Waals surface area contributed by atoms with Gasteiger partial charge in [0.15, 0.2) is 17.3 Å². The number of anilines is 8. The number of hydrogen-bond donors (Lipinski definition) is 7. The van der Waals surface area contributed by atoms with Crippen LogP contribution in [0.2, 0.25) is 0 Å². The Morgan fingerprint density at radius 2 is 0.647 bits per heavy atom. The van der Waals surface area contributed by atoms with Crippen molar-refractivity contribution in [2.24, 2.45) is 0 Å². The third-order valence-corrected chi connectivity index (χ3v) is 25.4. The molecule has 19 nitrogen and oxygen atoms in total. The van der Waals surface area contributed by atoms with Crippen LogP contribution in [0.1, 0.15) is 190 Å². The molecule has 1 amide bonds. The van der Waals surface area contributed by atoms with Crippen LogP contribution in [-0.4, -0.2) is 122 Å². The molecule has 0 radical (unpaired) electrons. The third kappa shape index (κ3) is 27.6. The number of aromatic nitrogens is 4. The van der Waals surface area contributed by atoms with E-state index in [1.807, 2.05) is 232 Å². The molecular weight excluding hydrogens is 1570 g/mol. The topological polar surface area (TPSA) is 289 Å². The van der Waals surface area contributed by atoms with Crippen molar-refractivity contribution in [3.63, 3.8) is 0 Å². The van der Waals surface area contributed by atoms with Crippen LogP contribution < -0.4 is 26.6 Å². The van der Waals surface area contributed by atoms with E-state index < -0.39 is 48.7 Å². The standard InChI is InChI=1S/C26H33N3O3S.C24H28N2O3S.C23H26N2O2S.C22H24N2O2S.CH4/c1-5-12-33(32)13-11-18-14-21-23(15-19(18)17-30)27-16-22(25(31)29-26(2,3)4)24(21)28-20-9-7-6-8-10-20;1-3-11-30(29)12-10-17-13-20-22(14-18(17)16-27)25-15-21(23(28)4-2)24(20)26-19-8-6-5-7-9-19;1-3-13-28(27)14-12-17-10-11-21-19(15-17)23(20(16-24-21)22(26)4-2)25-18-8-6-5-7-9-18;1-3-12-27(26)13-11-17-9-10-21-19(14-17)22(20(15-23-21)16(2)25)24-18-7-5-4-6-8-18;/h6-10,14-16,30H,5,11-13,17H2,1-4H3,(H,27,28)(H,29,31);5-9,13-15,27H,3-4,10-12,16H2,1-2H3,(H,25,26);5-11,15-16H,3-4,12-14H2,1-2H3,(H,24,25);4-10,14-15H,3,11-13H2,1-2H3,(H,23,24);1H4. The first-order chi connectivity index (χ1) is 57.0. The number of fused-ring (bicyclic) bond motifs is 4. The molecule has 12 aromatic rings. The number of rotatable bonds is 36. The van der Waals surface area contributed by atoms with E-state index in [0.717, 1.165) is 156 Å². The van der Waals surface area contributed by atoms with Crippen LogP contribution in [0.5, 0.6) is 0 Å². The van der Waals surface area contributed by atoms with Crippen molar-refractivity contribution < 1.29 is 46.2 Å². The highest BCUT2D eigenvalue weighted by atomic mass is 32.2. The Bertz CT molecular complexity index is 5500. The van der Waals surface area contributed by atoms with Gasteiger partial charge in [-0.05, 0) is 210 Å². The fraction of sp³-hybridized carbons (Fsp3) is 0.333. The molecule has 23 heteroatoms. The van der Waals surface area contributed by atoms with Crippen LogP contribution in [0.4, 0.5) is 45.5 Å². The minimum Gasteiger partial charge on any atom is -0.392 e. The Morgan fingerprint density at radius 1 is 0.353 bits per heavy atom. The number of amides is 1. The van der Waals surface area contributed by atoms with E-state index in [9.17, 15) is 46.2 Å². The summed E-state index contributed by atoms with van der Waals surface area (Å²) in [5.41, 5.74) is 17.0. The fourth-order valence-electron chi connectivity index (χ4n) is 13.3. The Kier molecular flexibility index (Phi) is 37.5. The second kappa shape index (κ2) is 47.4. The van der Waals surface area contributed by atoms with E-state index in [0.29, 0.717) is 99.2 Å². The lowest BCUT2D eigenvalue weighted by atomic mass is 9.98. The zero-order chi connectivity index (χ0) is 84.7. The number of carbonyl (C=O) groups is 4. The molecule has 4 atom stereocenters. The van der Waals surface area contributed by atoms with Crippen LogP contribution in [0.25, 0.3) is 43.6 Å². The molecule has 4 heterocycles. The maximum Gasteiger partial charge on any atom is 0.255 e. The molecule has 0 aliphatic heterocycles. The number of aliphatic hydroxyl groups is 2. The number of para-hydroxylation sites is 4. The Morgan fingerprint density at radius 3 is 0.958 bits per heavy atom. The lowest BCUT2D eigenvalue weighted by Gasteiger charge is -2.22. The molecule has 0 saturated carbocycles. The SMILES string of the molecule is C.CCCS(=O)CCc1cc2c(Nc3ccccc3)c(C(=O)CC)cnc2cc1CO.CCCS(=O)CCc1cc2c(Nc3ccccc3)c(C(=O)NC(C)(C)C)cnc2cc1CO.CCCS(=O)CCc1ccc2ncc(C(=O)CC)c(Nc3ccccc3)c2c1.CCCS(=O)CCc1ccc2ncc(C(C)=O)c(Nc3ccccc3)c2c1. The summed E-state index contributed by atoms with van der Waals surface area (Å²) in [6, 6.07) is 58.8. The molecule has 0 bridgehead atoms. The van der Waals surface area contributed by atoms with E-state index in [4.69, 9.17) is 0 Å². The number of aryl methyl sites for hydroxylation is 4. The summed E-state index contributed by atoms with van der Waals surface area (Å²) in [5, 5.41) is 39.9. The number of nitrogens with one attached hydrogen (secondary N) is 5. The molecular formula is C96H115N9O10S4. The maximum atomic E-state index is 13.1. The Balaban J connectivity index is 0.000000198. The summed E-state index contributed by atoms with van der Waals surface area (Å²) in [7, 11) is -3.36. The van der Waals surface area contributed by atoms with E-state index in [1.165, 1.54) is 0 Å². The van der Waals surface area contributed by atoms with Crippen molar-refractivity contribution in [3.05, 3.63) is 262 Å². The highest BCUT2D eigenvalue weighted by molar-refractivity contribution is 7.85. The van der Waals surface area contributed by atoms with E-state index in [2.05, 4.69) is 58.7 Å². The first-order valence-corrected chi connectivity index (χ1v) is 46.5. The monoisotopic (exact) mass is 1680 g/mol. The number of carbonyl (C=O) groups excluding carboxylic acids is 4. The molecule has 0 aliphatic rings. The van der Waals surface area contributed by atoms with Gasteiger partial charge < -0.3 is 36.8 Å².